The molecule has 2 aromatic rings. The first-order valence-electron chi connectivity index (χ1n) is 6.17. The van der Waals surface area contributed by atoms with Crippen molar-refractivity contribution < 1.29 is 9.50 Å². The van der Waals surface area contributed by atoms with E-state index in [-0.39, 0.29) is 18.0 Å². The summed E-state index contributed by atoms with van der Waals surface area (Å²) < 4.78 is 13.8. The smallest absolute Gasteiger partial charge is 0.129 e. The number of aryl methyl sites for hydroxylation is 1. The Kier molecular flexibility index (Phi) is 4.24. The van der Waals surface area contributed by atoms with Crippen LogP contribution in [0.5, 0.6) is 0 Å². The van der Waals surface area contributed by atoms with Crippen LogP contribution in [0.25, 0.3) is 0 Å². The summed E-state index contributed by atoms with van der Waals surface area (Å²) in [6.07, 6.45) is 2.32. The van der Waals surface area contributed by atoms with Crippen LogP contribution in [0.3, 0.4) is 0 Å². The summed E-state index contributed by atoms with van der Waals surface area (Å²) in [6.45, 7) is 2.08. The summed E-state index contributed by atoms with van der Waals surface area (Å²) in [5.74, 6) is -0.787. The quantitative estimate of drug-likeness (QED) is 0.886. The number of hydrogen-bond acceptors (Lipinski definition) is 3. The topological polar surface area (TPSA) is 59.1 Å². The van der Waals surface area contributed by atoms with E-state index in [9.17, 15) is 9.50 Å². The van der Waals surface area contributed by atoms with Gasteiger partial charge in [0.05, 0.1) is 6.10 Å². The number of hydrogen-bond donors (Lipinski definition) is 2. The van der Waals surface area contributed by atoms with Crippen LogP contribution in [0.15, 0.2) is 42.7 Å². The molecule has 0 fully saturated rings. The van der Waals surface area contributed by atoms with E-state index in [0.29, 0.717) is 0 Å². The fourth-order valence-electron chi connectivity index (χ4n) is 2.15. The third-order valence-corrected chi connectivity index (χ3v) is 3.22. The molecule has 0 bridgehead atoms. The average Bonchev–Trinajstić information content (AvgIpc) is 2.43. The summed E-state index contributed by atoms with van der Waals surface area (Å²) in [5.41, 5.74) is 7.70. The lowest BCUT2D eigenvalue weighted by molar-refractivity contribution is 0.143. The number of nitrogens with zero attached hydrogens (tertiary/aromatic N) is 1. The van der Waals surface area contributed by atoms with Gasteiger partial charge in [-0.2, -0.15) is 0 Å². The minimum absolute atomic E-state index is 0.222. The van der Waals surface area contributed by atoms with Crippen LogP contribution in [0, 0.1) is 12.7 Å². The number of rotatable bonds is 4. The molecule has 0 aliphatic rings. The van der Waals surface area contributed by atoms with Crippen LogP contribution < -0.4 is 5.73 Å². The molecule has 0 saturated carbocycles. The zero-order chi connectivity index (χ0) is 13.8. The molecule has 2 atom stereocenters. The van der Waals surface area contributed by atoms with Crippen LogP contribution in [-0.4, -0.2) is 16.6 Å². The molecule has 1 aromatic carbocycles. The molecular formula is C15H17FN2O. The van der Waals surface area contributed by atoms with Gasteiger partial charge in [0.25, 0.3) is 0 Å². The van der Waals surface area contributed by atoms with E-state index in [4.69, 9.17) is 5.73 Å². The van der Waals surface area contributed by atoms with E-state index < -0.39 is 11.9 Å². The molecule has 19 heavy (non-hydrogen) atoms. The zero-order valence-corrected chi connectivity index (χ0v) is 10.8. The molecule has 0 aliphatic carbocycles. The Balaban J connectivity index is 2.36. The van der Waals surface area contributed by atoms with E-state index in [1.807, 2.05) is 13.0 Å². The highest BCUT2D eigenvalue weighted by Crippen LogP contribution is 2.31. The fourth-order valence-corrected chi connectivity index (χ4v) is 2.15. The molecule has 0 amide bonds. The van der Waals surface area contributed by atoms with E-state index in [1.54, 1.807) is 30.6 Å². The van der Waals surface area contributed by atoms with Gasteiger partial charge in [-0.1, -0.05) is 23.8 Å². The third-order valence-electron chi connectivity index (χ3n) is 3.22. The number of aliphatic hydroxyl groups is 1. The lowest BCUT2D eigenvalue weighted by atomic mass is 9.89. The number of nitrogens with two attached hydrogens (primary N) is 1. The van der Waals surface area contributed by atoms with Gasteiger partial charge in [0.2, 0.25) is 0 Å². The maximum absolute atomic E-state index is 13.8. The van der Waals surface area contributed by atoms with Crippen molar-refractivity contribution in [3.63, 3.8) is 0 Å². The SMILES string of the molecule is Cc1ccc(F)c(C(O)C(CN)c2cccnc2)c1. The van der Waals surface area contributed by atoms with Gasteiger partial charge in [-0.25, -0.2) is 4.39 Å². The summed E-state index contributed by atoms with van der Waals surface area (Å²) in [7, 11) is 0. The van der Waals surface area contributed by atoms with Crippen LogP contribution in [0.2, 0.25) is 0 Å². The summed E-state index contributed by atoms with van der Waals surface area (Å²) in [6, 6.07) is 8.30. The van der Waals surface area contributed by atoms with Gasteiger partial charge in [-0.3, -0.25) is 4.98 Å². The molecule has 1 heterocycles. The van der Waals surface area contributed by atoms with Crippen molar-refractivity contribution in [2.75, 3.05) is 6.54 Å². The molecule has 100 valence electrons. The molecule has 4 heteroatoms. The number of benzene rings is 1. The largest absolute Gasteiger partial charge is 0.388 e. The maximum Gasteiger partial charge on any atom is 0.129 e. The van der Waals surface area contributed by atoms with Crippen molar-refractivity contribution in [3.8, 4) is 0 Å². The van der Waals surface area contributed by atoms with E-state index >= 15 is 0 Å². The number of aliphatic hydroxyl groups excluding tert-OH is 1. The number of pyridine rings is 1. The summed E-state index contributed by atoms with van der Waals surface area (Å²) in [5, 5.41) is 10.4. The zero-order valence-electron chi connectivity index (χ0n) is 10.8. The van der Waals surface area contributed by atoms with Crippen molar-refractivity contribution in [1.82, 2.24) is 4.98 Å². The molecule has 3 nitrogen and oxygen atoms in total. The summed E-state index contributed by atoms with van der Waals surface area (Å²) >= 11 is 0. The number of halogens is 1. The van der Waals surface area contributed by atoms with Crippen LogP contribution >= 0.6 is 0 Å². The van der Waals surface area contributed by atoms with Crippen molar-refractivity contribution in [2.24, 2.45) is 5.73 Å². The maximum atomic E-state index is 13.8. The molecule has 2 rings (SSSR count). The van der Waals surface area contributed by atoms with Gasteiger partial charge < -0.3 is 10.8 Å². The number of aromatic nitrogens is 1. The highest BCUT2D eigenvalue weighted by molar-refractivity contribution is 5.29. The normalized spacial score (nSPS) is 14.1. The fraction of sp³-hybridized carbons (Fsp3) is 0.267. The van der Waals surface area contributed by atoms with Gasteiger partial charge in [-0.15, -0.1) is 0 Å². The second-order valence-corrected chi connectivity index (χ2v) is 4.60. The molecule has 0 saturated heterocycles. The minimum atomic E-state index is -0.978. The first-order valence-corrected chi connectivity index (χ1v) is 6.17. The van der Waals surface area contributed by atoms with Crippen molar-refractivity contribution in [3.05, 3.63) is 65.2 Å². The summed E-state index contributed by atoms with van der Waals surface area (Å²) in [4.78, 5) is 4.01. The lowest BCUT2D eigenvalue weighted by Crippen LogP contribution is -2.21. The first kappa shape index (κ1) is 13.6. The van der Waals surface area contributed by atoms with Crippen molar-refractivity contribution in [1.29, 1.82) is 0 Å². The molecule has 0 spiro atoms. The van der Waals surface area contributed by atoms with Crippen LogP contribution in [0.1, 0.15) is 28.7 Å². The Morgan fingerprint density at radius 3 is 2.79 bits per heavy atom. The van der Waals surface area contributed by atoms with E-state index in [2.05, 4.69) is 4.98 Å². The second-order valence-electron chi connectivity index (χ2n) is 4.60. The predicted molar refractivity (Wildman–Crippen MR) is 72.1 cm³/mol. The van der Waals surface area contributed by atoms with Gasteiger partial charge in [-0.05, 0) is 24.6 Å². The lowest BCUT2D eigenvalue weighted by Gasteiger charge is -2.22. The first-order chi connectivity index (χ1) is 9.13. The Hall–Kier alpha value is -1.78. The Morgan fingerprint density at radius 2 is 2.16 bits per heavy atom. The van der Waals surface area contributed by atoms with E-state index in [0.717, 1.165) is 11.1 Å². The predicted octanol–water partition coefficient (Wildman–Crippen LogP) is 2.31. The third kappa shape index (κ3) is 2.97. The van der Waals surface area contributed by atoms with Gasteiger partial charge in [0.15, 0.2) is 0 Å². The second kappa shape index (κ2) is 5.91. The van der Waals surface area contributed by atoms with Gasteiger partial charge >= 0.3 is 0 Å². The minimum Gasteiger partial charge on any atom is -0.388 e. The van der Waals surface area contributed by atoms with Crippen LogP contribution in [0.4, 0.5) is 4.39 Å². The molecule has 0 aliphatic heterocycles. The molecule has 3 N–H and O–H groups in total. The highest BCUT2D eigenvalue weighted by Gasteiger charge is 2.24. The molecule has 0 radical (unpaired) electrons. The van der Waals surface area contributed by atoms with Crippen molar-refractivity contribution in [2.45, 2.75) is 18.9 Å². The Bertz CT molecular complexity index is 545. The molecular weight excluding hydrogens is 243 g/mol. The van der Waals surface area contributed by atoms with Crippen molar-refractivity contribution >= 4 is 0 Å². The Labute approximate surface area is 111 Å². The molecule has 2 unspecified atom stereocenters. The molecule has 1 aromatic heterocycles. The highest BCUT2D eigenvalue weighted by atomic mass is 19.1. The monoisotopic (exact) mass is 260 g/mol. The van der Waals surface area contributed by atoms with E-state index in [1.165, 1.54) is 6.07 Å². The Morgan fingerprint density at radius 1 is 1.37 bits per heavy atom. The average molecular weight is 260 g/mol. The van der Waals surface area contributed by atoms with Gasteiger partial charge in [0, 0.05) is 30.4 Å². The van der Waals surface area contributed by atoms with Gasteiger partial charge in [0.1, 0.15) is 5.82 Å². The standard InChI is InChI=1S/C15H17FN2O/c1-10-4-5-14(16)12(7-10)15(19)13(8-17)11-3-2-6-18-9-11/h2-7,9,13,15,19H,8,17H2,1H3. The van der Waals surface area contributed by atoms with Crippen LogP contribution in [-0.2, 0) is 0 Å².